The van der Waals surface area contributed by atoms with Crippen molar-refractivity contribution in [1.82, 2.24) is 4.98 Å². The van der Waals surface area contributed by atoms with Gasteiger partial charge in [-0.25, -0.2) is 4.98 Å². The van der Waals surface area contributed by atoms with Crippen molar-refractivity contribution in [2.45, 2.75) is 6.42 Å². The molecule has 0 saturated carbocycles. The molecule has 2 N–H and O–H groups in total. The van der Waals surface area contributed by atoms with Crippen LogP contribution in [0.1, 0.15) is 12.1 Å². The van der Waals surface area contributed by atoms with Gasteiger partial charge in [0.25, 0.3) is 5.69 Å². The Balaban J connectivity index is 2.99. The zero-order chi connectivity index (χ0) is 12.1. The number of hydrogen-bond donors (Lipinski definition) is 1. The van der Waals surface area contributed by atoms with Crippen LogP contribution in [0, 0.1) is 10.1 Å². The molecule has 1 amide bonds. The molecule has 0 bridgehead atoms. The molecule has 1 heterocycles. The average molecular weight is 242 g/mol. The second-order valence-electron chi connectivity index (χ2n) is 2.89. The quantitative estimate of drug-likeness (QED) is 0.638. The van der Waals surface area contributed by atoms with E-state index in [2.05, 4.69) is 4.98 Å². The van der Waals surface area contributed by atoms with Crippen molar-refractivity contribution in [3.05, 3.63) is 39.2 Å². The first-order valence-electron chi connectivity index (χ1n) is 4.25. The summed E-state index contributed by atoms with van der Waals surface area (Å²) in [6.07, 6.45) is 4.06. The molecular weight excluding hydrogens is 234 g/mol. The number of rotatable bonds is 4. The van der Waals surface area contributed by atoms with Gasteiger partial charge in [-0.2, -0.15) is 0 Å². The third kappa shape index (κ3) is 3.32. The molecule has 0 spiro atoms. The van der Waals surface area contributed by atoms with Crippen molar-refractivity contribution in [3.63, 3.8) is 0 Å². The number of aromatic nitrogens is 1. The van der Waals surface area contributed by atoms with Crippen LogP contribution in [0.15, 0.2) is 18.3 Å². The van der Waals surface area contributed by atoms with E-state index in [0.29, 0.717) is 0 Å². The minimum absolute atomic E-state index is 0.00145. The van der Waals surface area contributed by atoms with Crippen molar-refractivity contribution in [1.29, 1.82) is 0 Å². The summed E-state index contributed by atoms with van der Waals surface area (Å²) in [5.74, 6) is -0.520. The molecule has 1 aromatic heterocycles. The zero-order valence-corrected chi connectivity index (χ0v) is 8.85. The molecule has 0 aliphatic carbocycles. The molecule has 7 heteroatoms. The number of nitrogens with two attached hydrogens (primary N) is 1. The lowest BCUT2D eigenvalue weighted by molar-refractivity contribution is -0.385. The van der Waals surface area contributed by atoms with Gasteiger partial charge in [0.1, 0.15) is 5.69 Å². The molecule has 84 valence electrons. The highest BCUT2D eigenvalue weighted by Crippen LogP contribution is 2.21. The lowest BCUT2D eigenvalue weighted by Crippen LogP contribution is -2.08. The maximum absolute atomic E-state index is 10.7. The highest BCUT2D eigenvalue weighted by Gasteiger charge is 2.13. The number of pyridine rings is 1. The second-order valence-corrected chi connectivity index (χ2v) is 3.32. The molecule has 0 aromatic carbocycles. The van der Waals surface area contributed by atoms with Crippen molar-refractivity contribution in [3.8, 4) is 0 Å². The summed E-state index contributed by atoms with van der Waals surface area (Å²) in [6.45, 7) is 0. The van der Waals surface area contributed by atoms with Crippen LogP contribution >= 0.6 is 11.6 Å². The Morgan fingerprint density at radius 2 is 2.38 bits per heavy atom. The fourth-order valence-corrected chi connectivity index (χ4v) is 1.15. The van der Waals surface area contributed by atoms with E-state index >= 15 is 0 Å². The van der Waals surface area contributed by atoms with Crippen LogP contribution in [0.2, 0.25) is 5.02 Å². The highest BCUT2D eigenvalue weighted by molar-refractivity contribution is 6.30. The summed E-state index contributed by atoms with van der Waals surface area (Å²) in [6, 6.07) is 1.19. The lowest BCUT2D eigenvalue weighted by atomic mass is 10.2. The van der Waals surface area contributed by atoms with Crippen LogP contribution in [0.5, 0.6) is 0 Å². The lowest BCUT2D eigenvalue weighted by Gasteiger charge is -1.96. The van der Waals surface area contributed by atoms with Gasteiger partial charge in [-0.15, -0.1) is 0 Å². The number of nitrogens with zero attached hydrogens (tertiary/aromatic N) is 2. The molecule has 0 aliphatic rings. The third-order valence-electron chi connectivity index (χ3n) is 1.66. The standard InChI is InChI=1S/C9H8ClN3O3/c10-6-4-8(13(15)16)7(12-5-6)2-1-3-9(11)14/h1-2,4-5H,3H2,(H2,11,14). The maximum atomic E-state index is 10.7. The molecule has 0 atom stereocenters. The van der Waals surface area contributed by atoms with Crippen LogP contribution < -0.4 is 5.73 Å². The Hall–Kier alpha value is -1.95. The van der Waals surface area contributed by atoms with Crippen molar-refractivity contribution < 1.29 is 9.72 Å². The molecule has 0 unspecified atom stereocenters. The number of amides is 1. The van der Waals surface area contributed by atoms with E-state index < -0.39 is 10.8 Å². The number of primary amides is 1. The number of halogens is 1. The van der Waals surface area contributed by atoms with Gasteiger partial charge in [0.15, 0.2) is 0 Å². The van der Waals surface area contributed by atoms with Crippen LogP contribution in [0.3, 0.4) is 0 Å². The van der Waals surface area contributed by atoms with E-state index in [9.17, 15) is 14.9 Å². The van der Waals surface area contributed by atoms with Gasteiger partial charge in [0.05, 0.1) is 9.95 Å². The normalized spacial score (nSPS) is 10.6. The first kappa shape index (κ1) is 12.1. The molecule has 0 saturated heterocycles. The van der Waals surface area contributed by atoms with Gasteiger partial charge >= 0.3 is 0 Å². The number of carbonyl (C=O) groups excluding carboxylic acids is 1. The van der Waals surface area contributed by atoms with Crippen molar-refractivity contribution in [2.24, 2.45) is 5.73 Å². The Bertz CT molecular complexity index is 459. The monoisotopic (exact) mass is 241 g/mol. The molecule has 6 nitrogen and oxygen atoms in total. The Kier molecular flexibility index (Phi) is 3.96. The Morgan fingerprint density at radius 1 is 1.69 bits per heavy atom. The fourth-order valence-electron chi connectivity index (χ4n) is 1.00. The molecule has 0 radical (unpaired) electrons. The van der Waals surface area contributed by atoms with Gasteiger partial charge in [-0.3, -0.25) is 14.9 Å². The minimum atomic E-state index is -0.594. The van der Waals surface area contributed by atoms with Crippen molar-refractivity contribution in [2.75, 3.05) is 0 Å². The summed E-state index contributed by atoms with van der Waals surface area (Å²) < 4.78 is 0. The maximum Gasteiger partial charge on any atom is 0.296 e. The topological polar surface area (TPSA) is 99.1 Å². The molecule has 0 aliphatic heterocycles. The fraction of sp³-hybridized carbons (Fsp3) is 0.111. The van der Waals surface area contributed by atoms with E-state index in [1.807, 2.05) is 0 Å². The predicted molar refractivity (Wildman–Crippen MR) is 58.7 cm³/mol. The zero-order valence-electron chi connectivity index (χ0n) is 8.09. The molecular formula is C9H8ClN3O3. The number of hydrogen-bond acceptors (Lipinski definition) is 4. The van der Waals surface area contributed by atoms with Crippen molar-refractivity contribution >= 4 is 29.3 Å². The van der Waals surface area contributed by atoms with Gasteiger partial charge < -0.3 is 5.73 Å². The van der Waals surface area contributed by atoms with E-state index in [1.54, 1.807) is 0 Å². The predicted octanol–water partition coefficient (Wildman–Crippen LogP) is 1.53. The number of nitro groups is 1. The summed E-state index contributed by atoms with van der Waals surface area (Å²) in [5.41, 5.74) is 4.83. The minimum Gasteiger partial charge on any atom is -0.369 e. The van der Waals surface area contributed by atoms with E-state index in [4.69, 9.17) is 17.3 Å². The summed E-state index contributed by atoms with van der Waals surface area (Å²) in [5, 5.41) is 10.8. The van der Waals surface area contributed by atoms with Gasteiger partial charge in [-0.05, 0) is 6.08 Å². The van der Waals surface area contributed by atoms with E-state index in [-0.39, 0.29) is 22.8 Å². The first-order chi connectivity index (χ1) is 7.50. The van der Waals surface area contributed by atoms with Gasteiger partial charge in [-0.1, -0.05) is 17.7 Å². The number of carbonyl (C=O) groups is 1. The molecule has 16 heavy (non-hydrogen) atoms. The summed E-state index contributed by atoms with van der Waals surface area (Å²) in [7, 11) is 0. The summed E-state index contributed by atoms with van der Waals surface area (Å²) in [4.78, 5) is 24.3. The van der Waals surface area contributed by atoms with E-state index in [1.165, 1.54) is 24.4 Å². The molecule has 0 fully saturated rings. The molecule has 1 rings (SSSR count). The second kappa shape index (κ2) is 5.22. The largest absolute Gasteiger partial charge is 0.369 e. The van der Waals surface area contributed by atoms with E-state index in [0.717, 1.165) is 0 Å². The Labute approximate surface area is 95.9 Å². The highest BCUT2D eigenvalue weighted by atomic mass is 35.5. The van der Waals surface area contributed by atoms with Crippen LogP contribution in [0.4, 0.5) is 5.69 Å². The smallest absolute Gasteiger partial charge is 0.296 e. The molecule has 1 aromatic rings. The van der Waals surface area contributed by atoms with Crippen LogP contribution in [-0.2, 0) is 4.79 Å². The van der Waals surface area contributed by atoms with Crippen LogP contribution in [0.25, 0.3) is 6.08 Å². The van der Waals surface area contributed by atoms with Gasteiger partial charge in [0, 0.05) is 18.7 Å². The SMILES string of the molecule is NC(=O)CC=Cc1ncc(Cl)cc1[N+](=O)[O-]. The Morgan fingerprint density at radius 3 is 2.94 bits per heavy atom. The first-order valence-corrected chi connectivity index (χ1v) is 4.63. The van der Waals surface area contributed by atoms with Crippen LogP contribution in [-0.4, -0.2) is 15.8 Å². The summed E-state index contributed by atoms with van der Waals surface area (Å²) >= 11 is 5.58. The average Bonchev–Trinajstić information content (AvgIpc) is 2.19. The third-order valence-corrected chi connectivity index (χ3v) is 1.86. The van der Waals surface area contributed by atoms with Gasteiger partial charge in [0.2, 0.25) is 5.91 Å².